The Bertz CT molecular complexity index is 1680. The average molecular weight is 694 g/mol. The van der Waals surface area contributed by atoms with Crippen molar-refractivity contribution >= 4 is 35.0 Å². The number of aromatic nitrogens is 2. The molecule has 0 saturated carbocycles. The van der Waals surface area contributed by atoms with Crippen LogP contribution in [0.4, 0.5) is 0 Å². The molecule has 2 amide bonds. The van der Waals surface area contributed by atoms with Gasteiger partial charge in [0.05, 0.1) is 31.7 Å². The van der Waals surface area contributed by atoms with E-state index in [0.717, 1.165) is 52.6 Å². The number of benzene rings is 3. The second-order valence-electron chi connectivity index (χ2n) is 12.2. The molecule has 5 rings (SSSR count). The molecule has 3 N–H and O–H groups in total. The van der Waals surface area contributed by atoms with Crippen molar-refractivity contribution in [3.63, 3.8) is 0 Å². The first-order valence-electron chi connectivity index (χ1n) is 16.3. The number of carbonyl (C=O) groups excluding carboxylic acids is 2. The minimum absolute atomic E-state index is 0.0112. The summed E-state index contributed by atoms with van der Waals surface area (Å²) in [5, 5.41) is 16.0. The number of rotatable bonds is 14. The van der Waals surface area contributed by atoms with Crippen LogP contribution in [0.25, 0.3) is 11.1 Å². The predicted octanol–water partition coefficient (Wildman–Crippen LogP) is 7.15. The standard InChI is InChI=1S/C37H42Cl2N4O5/c1-24-32(21-43-23-42-35(38)36(43)39)47-37(48-34(24)28-15-13-26(22-44)14-16-28)31-11-7-10-30(19-31)29-9-6-8-27(18-29)20-41-33(46)12-4-3-5-17-40-25(2)45/h6-11,13-16,18-19,23-24,32,34,37,44H,3-5,12,17,20-22H2,1-2H3,(H,40,45)(H,41,46)/t24-,32+,34+,37+/m1/s1. The minimum atomic E-state index is -0.660. The van der Waals surface area contributed by atoms with Gasteiger partial charge in [0, 0.05) is 37.9 Å². The topological polar surface area (TPSA) is 115 Å². The van der Waals surface area contributed by atoms with Gasteiger partial charge in [-0.15, -0.1) is 0 Å². The highest BCUT2D eigenvalue weighted by atomic mass is 35.5. The number of hydrogen-bond donors (Lipinski definition) is 3. The number of hydrogen-bond acceptors (Lipinski definition) is 6. The smallest absolute Gasteiger partial charge is 0.220 e. The summed E-state index contributed by atoms with van der Waals surface area (Å²) in [4.78, 5) is 27.5. The van der Waals surface area contributed by atoms with Gasteiger partial charge in [0.1, 0.15) is 5.15 Å². The molecular formula is C37H42Cl2N4O5. The lowest BCUT2D eigenvalue weighted by molar-refractivity contribution is -0.276. The summed E-state index contributed by atoms with van der Waals surface area (Å²) in [6, 6.07) is 24.0. The number of halogens is 2. The highest BCUT2D eigenvalue weighted by molar-refractivity contribution is 6.40. The van der Waals surface area contributed by atoms with Crippen molar-refractivity contribution in [1.82, 2.24) is 20.2 Å². The van der Waals surface area contributed by atoms with Crippen molar-refractivity contribution < 1.29 is 24.2 Å². The first kappa shape index (κ1) is 35.6. The van der Waals surface area contributed by atoms with Crippen LogP contribution in [0, 0.1) is 5.92 Å². The number of carbonyl (C=O) groups is 2. The molecule has 1 fully saturated rings. The second kappa shape index (κ2) is 17.1. The first-order valence-corrected chi connectivity index (χ1v) is 17.0. The van der Waals surface area contributed by atoms with Crippen molar-refractivity contribution in [2.24, 2.45) is 5.92 Å². The van der Waals surface area contributed by atoms with Crippen molar-refractivity contribution in [3.05, 3.63) is 112 Å². The molecule has 0 aliphatic carbocycles. The van der Waals surface area contributed by atoms with Crippen LogP contribution >= 0.6 is 23.2 Å². The van der Waals surface area contributed by atoms with Gasteiger partial charge in [-0.2, -0.15) is 0 Å². The van der Waals surface area contributed by atoms with Gasteiger partial charge in [-0.25, -0.2) is 4.98 Å². The molecule has 4 aromatic rings. The number of amides is 2. The lowest BCUT2D eigenvalue weighted by Crippen LogP contribution is -2.39. The number of aliphatic hydroxyl groups is 1. The lowest BCUT2D eigenvalue weighted by atomic mass is 9.90. The molecule has 0 bridgehead atoms. The Kier molecular flexibility index (Phi) is 12.7. The Morgan fingerprint density at radius 2 is 1.65 bits per heavy atom. The Balaban J connectivity index is 1.28. The van der Waals surface area contributed by atoms with E-state index in [1.807, 2.05) is 60.7 Å². The molecule has 0 spiro atoms. The van der Waals surface area contributed by atoms with Crippen molar-refractivity contribution in [2.75, 3.05) is 6.54 Å². The summed E-state index contributed by atoms with van der Waals surface area (Å²) in [6.45, 7) is 5.08. The minimum Gasteiger partial charge on any atom is -0.392 e. The monoisotopic (exact) mass is 692 g/mol. The normalized spacial score (nSPS) is 19.2. The zero-order chi connectivity index (χ0) is 34.0. The van der Waals surface area contributed by atoms with Crippen LogP contribution in [0.15, 0.2) is 79.1 Å². The number of imidazole rings is 1. The van der Waals surface area contributed by atoms with Gasteiger partial charge in [-0.3, -0.25) is 9.59 Å². The molecule has 254 valence electrons. The third kappa shape index (κ3) is 9.45. The van der Waals surface area contributed by atoms with E-state index in [9.17, 15) is 14.7 Å². The van der Waals surface area contributed by atoms with Crippen molar-refractivity contribution in [3.8, 4) is 11.1 Å². The fourth-order valence-electron chi connectivity index (χ4n) is 5.86. The summed E-state index contributed by atoms with van der Waals surface area (Å²) >= 11 is 12.6. The molecule has 0 unspecified atom stereocenters. The molecule has 0 radical (unpaired) electrons. The summed E-state index contributed by atoms with van der Waals surface area (Å²) in [6.07, 6.45) is 3.37. The zero-order valence-corrected chi connectivity index (χ0v) is 28.7. The van der Waals surface area contributed by atoms with Crippen molar-refractivity contribution in [2.45, 2.75) is 77.7 Å². The highest BCUT2D eigenvalue weighted by Gasteiger charge is 2.39. The Morgan fingerprint density at radius 3 is 2.35 bits per heavy atom. The summed E-state index contributed by atoms with van der Waals surface area (Å²) in [5.74, 6) is -0.0660. The zero-order valence-electron chi connectivity index (χ0n) is 27.2. The van der Waals surface area contributed by atoms with Crippen LogP contribution < -0.4 is 10.6 Å². The van der Waals surface area contributed by atoms with E-state index in [-0.39, 0.29) is 41.7 Å². The quantitative estimate of drug-likeness (QED) is 0.121. The maximum atomic E-state index is 12.4. The molecule has 9 nitrogen and oxygen atoms in total. The molecule has 1 aromatic heterocycles. The maximum absolute atomic E-state index is 12.4. The van der Waals surface area contributed by atoms with E-state index in [0.29, 0.717) is 31.2 Å². The van der Waals surface area contributed by atoms with E-state index in [2.05, 4.69) is 34.7 Å². The summed E-state index contributed by atoms with van der Waals surface area (Å²) in [7, 11) is 0. The van der Waals surface area contributed by atoms with Crippen LogP contribution in [-0.4, -0.2) is 39.1 Å². The molecule has 1 aliphatic rings. The van der Waals surface area contributed by atoms with Gasteiger partial charge in [-0.1, -0.05) is 97.2 Å². The first-order chi connectivity index (χ1) is 23.2. The fraction of sp³-hybridized carbons (Fsp3) is 0.378. The van der Waals surface area contributed by atoms with E-state index >= 15 is 0 Å². The van der Waals surface area contributed by atoms with Crippen molar-refractivity contribution in [1.29, 1.82) is 0 Å². The Labute approximate surface area is 291 Å². The lowest BCUT2D eigenvalue weighted by Gasteiger charge is -2.41. The van der Waals surface area contributed by atoms with Gasteiger partial charge < -0.3 is 29.8 Å². The van der Waals surface area contributed by atoms with Crippen LogP contribution in [0.3, 0.4) is 0 Å². The van der Waals surface area contributed by atoms with Crippen LogP contribution in [-0.2, 0) is 38.8 Å². The number of ether oxygens (including phenoxy) is 2. The molecular weight excluding hydrogens is 651 g/mol. The van der Waals surface area contributed by atoms with Gasteiger partial charge >= 0.3 is 0 Å². The Morgan fingerprint density at radius 1 is 0.896 bits per heavy atom. The molecule has 2 heterocycles. The van der Waals surface area contributed by atoms with E-state index in [1.54, 1.807) is 10.9 Å². The number of nitrogens with one attached hydrogen (secondary N) is 2. The molecule has 48 heavy (non-hydrogen) atoms. The van der Waals surface area contributed by atoms with E-state index in [1.165, 1.54) is 6.92 Å². The van der Waals surface area contributed by atoms with Crippen LogP contribution in [0.5, 0.6) is 0 Å². The largest absolute Gasteiger partial charge is 0.392 e. The second-order valence-corrected chi connectivity index (χ2v) is 12.9. The molecule has 1 saturated heterocycles. The van der Waals surface area contributed by atoms with Crippen LogP contribution in [0.1, 0.15) is 74.2 Å². The maximum Gasteiger partial charge on any atom is 0.220 e. The number of nitrogens with zero attached hydrogens (tertiary/aromatic N) is 2. The van der Waals surface area contributed by atoms with Crippen LogP contribution in [0.2, 0.25) is 10.3 Å². The molecule has 3 aromatic carbocycles. The summed E-state index contributed by atoms with van der Waals surface area (Å²) in [5.41, 5.74) is 5.69. The highest BCUT2D eigenvalue weighted by Crippen LogP contribution is 2.43. The fourth-order valence-corrected chi connectivity index (χ4v) is 6.17. The number of aliphatic hydroxyl groups excluding tert-OH is 1. The third-order valence-corrected chi connectivity index (χ3v) is 9.37. The third-order valence-electron chi connectivity index (χ3n) is 8.60. The van der Waals surface area contributed by atoms with Gasteiger partial charge in [0.15, 0.2) is 11.4 Å². The van der Waals surface area contributed by atoms with Gasteiger partial charge in [0.25, 0.3) is 0 Å². The van der Waals surface area contributed by atoms with E-state index in [4.69, 9.17) is 32.7 Å². The predicted molar refractivity (Wildman–Crippen MR) is 186 cm³/mol. The van der Waals surface area contributed by atoms with Gasteiger partial charge in [0.2, 0.25) is 11.8 Å². The molecule has 4 atom stereocenters. The molecule has 11 heteroatoms. The number of unbranched alkanes of at least 4 members (excludes halogenated alkanes) is 2. The van der Waals surface area contributed by atoms with Gasteiger partial charge in [-0.05, 0) is 52.8 Å². The molecule has 1 aliphatic heterocycles. The summed E-state index contributed by atoms with van der Waals surface area (Å²) < 4.78 is 15.1. The SMILES string of the molecule is CC(=O)NCCCCCC(=O)NCc1cccc(-c2cccc([C@H]3O[C@@H](Cn4cnc(Cl)c4Cl)[C@@H](C)[C@@H](c4ccc(CO)cc4)O3)c2)c1. The Hall–Kier alpha value is -3.73. The van der Waals surface area contributed by atoms with E-state index < -0.39 is 6.29 Å². The average Bonchev–Trinajstić information content (AvgIpc) is 3.42.